The Morgan fingerprint density at radius 2 is 1.85 bits per heavy atom. The van der Waals surface area contributed by atoms with E-state index in [2.05, 4.69) is 20.1 Å². The van der Waals surface area contributed by atoms with Crippen LogP contribution in [0.1, 0.15) is 56.6 Å². The molecule has 2 fully saturated rings. The molecular weight excluding hydrogens is 248 g/mol. The van der Waals surface area contributed by atoms with Gasteiger partial charge in [0.2, 0.25) is 0 Å². The smallest absolute Gasteiger partial charge is 0.134 e. The molecule has 1 aromatic rings. The lowest BCUT2D eigenvalue weighted by molar-refractivity contribution is 0.416. The zero-order chi connectivity index (χ0) is 13.4. The number of nitrogens with zero attached hydrogens (tertiary/aromatic N) is 3. The van der Waals surface area contributed by atoms with Crippen molar-refractivity contribution in [1.29, 1.82) is 0 Å². The van der Waals surface area contributed by atoms with Gasteiger partial charge in [-0.05, 0) is 50.4 Å². The Labute approximate surface area is 121 Å². The molecule has 0 saturated heterocycles. The first kappa shape index (κ1) is 12.8. The zero-order valence-corrected chi connectivity index (χ0v) is 12.4. The minimum absolute atomic E-state index is 0.807. The number of aromatic nitrogens is 3. The molecule has 1 aromatic heterocycles. The summed E-state index contributed by atoms with van der Waals surface area (Å²) < 4.78 is 2.39. The van der Waals surface area contributed by atoms with Crippen LogP contribution in [0.2, 0.25) is 0 Å². The molecule has 20 heavy (non-hydrogen) atoms. The summed E-state index contributed by atoms with van der Waals surface area (Å²) in [7, 11) is 0. The van der Waals surface area contributed by atoms with Crippen LogP contribution in [0.25, 0.3) is 0 Å². The van der Waals surface area contributed by atoms with Gasteiger partial charge >= 0.3 is 0 Å². The van der Waals surface area contributed by atoms with Crippen LogP contribution in [0.4, 0.5) is 0 Å². The average Bonchev–Trinajstić information content (AvgIpc) is 3.35. The molecule has 4 rings (SSSR count). The summed E-state index contributed by atoms with van der Waals surface area (Å²) in [5.74, 6) is 4.40. The predicted octanol–water partition coefficient (Wildman–Crippen LogP) is 2.33. The Kier molecular flexibility index (Phi) is 3.51. The number of hydrogen-bond acceptors (Lipinski definition) is 3. The first-order valence-corrected chi connectivity index (χ1v) is 8.56. The van der Waals surface area contributed by atoms with Gasteiger partial charge in [0, 0.05) is 32.0 Å². The fourth-order valence-electron chi connectivity index (χ4n) is 3.71. The van der Waals surface area contributed by atoms with E-state index < -0.39 is 0 Å². The minimum atomic E-state index is 0.807. The third-order valence-corrected chi connectivity index (χ3v) is 5.17. The molecule has 2 aliphatic carbocycles. The highest BCUT2D eigenvalue weighted by molar-refractivity contribution is 5.00. The molecule has 4 nitrogen and oxygen atoms in total. The lowest BCUT2D eigenvalue weighted by Crippen LogP contribution is -2.35. The maximum Gasteiger partial charge on any atom is 0.134 e. The van der Waals surface area contributed by atoms with E-state index in [0.717, 1.165) is 43.8 Å². The minimum Gasteiger partial charge on any atom is -0.315 e. The van der Waals surface area contributed by atoms with Crippen LogP contribution in [0.5, 0.6) is 0 Å². The largest absolute Gasteiger partial charge is 0.315 e. The van der Waals surface area contributed by atoms with Crippen LogP contribution in [-0.4, -0.2) is 27.4 Å². The number of hydrogen-bond donors (Lipinski definition) is 1. The normalized spacial score (nSPS) is 22.9. The third kappa shape index (κ3) is 2.76. The highest BCUT2D eigenvalue weighted by atomic mass is 15.3. The number of aryl methyl sites for hydroxylation is 1. The van der Waals surface area contributed by atoms with Gasteiger partial charge < -0.3 is 9.88 Å². The molecule has 0 atom stereocenters. The molecule has 0 spiro atoms. The van der Waals surface area contributed by atoms with Gasteiger partial charge in [0.1, 0.15) is 11.6 Å². The monoisotopic (exact) mass is 274 g/mol. The molecule has 3 aliphatic rings. The SMILES string of the molecule is C1CCc2nnc(CCNC(C3CC3)C3CC3)n2CC1. The van der Waals surface area contributed by atoms with Gasteiger partial charge in [-0.3, -0.25) is 0 Å². The molecule has 0 radical (unpaired) electrons. The number of fused-ring (bicyclic) bond motifs is 1. The van der Waals surface area contributed by atoms with Gasteiger partial charge in [-0.25, -0.2) is 0 Å². The molecule has 0 unspecified atom stereocenters. The first-order chi connectivity index (χ1) is 9.92. The van der Waals surface area contributed by atoms with Crippen LogP contribution >= 0.6 is 0 Å². The summed E-state index contributed by atoms with van der Waals surface area (Å²) in [5.41, 5.74) is 0. The first-order valence-electron chi connectivity index (χ1n) is 8.56. The molecule has 2 saturated carbocycles. The summed E-state index contributed by atoms with van der Waals surface area (Å²) in [5, 5.41) is 12.6. The summed E-state index contributed by atoms with van der Waals surface area (Å²) in [6.07, 6.45) is 11.9. The van der Waals surface area contributed by atoms with Crippen LogP contribution < -0.4 is 5.32 Å². The Bertz CT molecular complexity index is 447. The van der Waals surface area contributed by atoms with Gasteiger partial charge in [0.15, 0.2) is 0 Å². The van der Waals surface area contributed by atoms with Crippen molar-refractivity contribution in [3.8, 4) is 0 Å². The highest BCUT2D eigenvalue weighted by Gasteiger charge is 2.40. The lowest BCUT2D eigenvalue weighted by Gasteiger charge is -2.17. The fourth-order valence-corrected chi connectivity index (χ4v) is 3.71. The summed E-state index contributed by atoms with van der Waals surface area (Å²) in [6.45, 7) is 2.21. The van der Waals surface area contributed by atoms with E-state index in [1.807, 2.05) is 0 Å². The standard InChI is InChI=1S/C16H26N4/c1-2-4-14-18-19-15(20(14)11-3-1)9-10-17-16(12-5-6-12)13-7-8-13/h12-13,16-17H,1-11H2. The lowest BCUT2D eigenvalue weighted by atomic mass is 10.1. The fraction of sp³-hybridized carbons (Fsp3) is 0.875. The Morgan fingerprint density at radius 1 is 1.05 bits per heavy atom. The number of nitrogens with one attached hydrogen (secondary N) is 1. The molecule has 1 N–H and O–H groups in total. The van der Waals surface area contributed by atoms with Crippen LogP contribution in [0, 0.1) is 11.8 Å². The van der Waals surface area contributed by atoms with E-state index in [-0.39, 0.29) is 0 Å². The van der Waals surface area contributed by atoms with Gasteiger partial charge in [0.25, 0.3) is 0 Å². The second kappa shape index (κ2) is 5.47. The van der Waals surface area contributed by atoms with E-state index in [0.29, 0.717) is 0 Å². The molecule has 2 heterocycles. The molecule has 110 valence electrons. The van der Waals surface area contributed by atoms with E-state index >= 15 is 0 Å². The van der Waals surface area contributed by atoms with Crippen molar-refractivity contribution in [2.75, 3.05) is 6.54 Å². The van der Waals surface area contributed by atoms with Crippen LogP contribution in [0.3, 0.4) is 0 Å². The Hall–Kier alpha value is -0.900. The maximum absolute atomic E-state index is 4.43. The van der Waals surface area contributed by atoms with Crippen molar-refractivity contribution in [3.63, 3.8) is 0 Å². The van der Waals surface area contributed by atoms with E-state index in [1.165, 1.54) is 56.6 Å². The summed E-state index contributed by atoms with van der Waals surface area (Å²) >= 11 is 0. The summed E-state index contributed by atoms with van der Waals surface area (Å²) in [4.78, 5) is 0. The van der Waals surface area contributed by atoms with E-state index in [4.69, 9.17) is 0 Å². The van der Waals surface area contributed by atoms with Crippen LogP contribution in [-0.2, 0) is 19.4 Å². The van der Waals surface area contributed by atoms with E-state index in [9.17, 15) is 0 Å². The third-order valence-electron chi connectivity index (χ3n) is 5.17. The Balaban J connectivity index is 1.33. The molecular formula is C16H26N4. The Morgan fingerprint density at radius 3 is 2.60 bits per heavy atom. The zero-order valence-electron chi connectivity index (χ0n) is 12.4. The van der Waals surface area contributed by atoms with Crippen molar-refractivity contribution in [3.05, 3.63) is 11.6 Å². The average molecular weight is 274 g/mol. The van der Waals surface area contributed by atoms with Crippen molar-refractivity contribution in [2.24, 2.45) is 11.8 Å². The second-order valence-corrected chi connectivity index (χ2v) is 6.90. The molecule has 0 aromatic carbocycles. The molecule has 4 heteroatoms. The van der Waals surface area contributed by atoms with Crippen molar-refractivity contribution < 1.29 is 0 Å². The molecule has 0 amide bonds. The van der Waals surface area contributed by atoms with Gasteiger partial charge in [-0.2, -0.15) is 0 Å². The highest BCUT2D eigenvalue weighted by Crippen LogP contribution is 2.44. The van der Waals surface area contributed by atoms with Crippen molar-refractivity contribution in [1.82, 2.24) is 20.1 Å². The van der Waals surface area contributed by atoms with Crippen LogP contribution in [0.15, 0.2) is 0 Å². The molecule has 0 bridgehead atoms. The topological polar surface area (TPSA) is 42.7 Å². The molecule has 1 aliphatic heterocycles. The van der Waals surface area contributed by atoms with Gasteiger partial charge in [-0.1, -0.05) is 6.42 Å². The number of rotatable bonds is 6. The maximum atomic E-state index is 4.43. The van der Waals surface area contributed by atoms with Crippen molar-refractivity contribution in [2.45, 2.75) is 70.4 Å². The summed E-state index contributed by atoms with van der Waals surface area (Å²) in [6, 6.07) is 0.807. The van der Waals surface area contributed by atoms with Crippen molar-refractivity contribution >= 4 is 0 Å². The quantitative estimate of drug-likeness (QED) is 0.865. The van der Waals surface area contributed by atoms with E-state index in [1.54, 1.807) is 0 Å². The van der Waals surface area contributed by atoms with Gasteiger partial charge in [0.05, 0.1) is 0 Å². The predicted molar refractivity (Wildman–Crippen MR) is 78.5 cm³/mol. The van der Waals surface area contributed by atoms with Gasteiger partial charge in [-0.15, -0.1) is 10.2 Å². The second-order valence-electron chi connectivity index (χ2n) is 6.90.